The number of rotatable bonds is 5. The molecule has 0 bridgehead atoms. The van der Waals surface area contributed by atoms with Crippen molar-refractivity contribution in [3.8, 4) is 0 Å². The van der Waals surface area contributed by atoms with Gasteiger partial charge in [-0.15, -0.1) is 22.7 Å². The lowest BCUT2D eigenvalue weighted by Gasteiger charge is -2.17. The van der Waals surface area contributed by atoms with Gasteiger partial charge in [-0.3, -0.25) is 0 Å². The minimum atomic E-state index is -0.209. The topological polar surface area (TPSA) is 12.0 Å². The van der Waals surface area contributed by atoms with Crippen molar-refractivity contribution in [1.82, 2.24) is 5.32 Å². The van der Waals surface area contributed by atoms with Crippen LogP contribution in [0.4, 0.5) is 4.39 Å². The fourth-order valence-corrected chi connectivity index (χ4v) is 4.24. The number of hydrogen-bond acceptors (Lipinski definition) is 3. The van der Waals surface area contributed by atoms with Crippen LogP contribution in [0.3, 0.4) is 0 Å². The molecule has 3 aromatic rings. The van der Waals surface area contributed by atoms with Gasteiger partial charge in [0.2, 0.25) is 0 Å². The van der Waals surface area contributed by atoms with Crippen LogP contribution >= 0.6 is 38.6 Å². The van der Waals surface area contributed by atoms with E-state index in [1.54, 1.807) is 34.8 Å². The molecular formula is C16H13BrFNS2. The summed E-state index contributed by atoms with van der Waals surface area (Å²) >= 11 is 6.94. The zero-order valence-electron chi connectivity index (χ0n) is 11.1. The zero-order valence-corrected chi connectivity index (χ0v) is 14.3. The fourth-order valence-electron chi connectivity index (χ4n) is 2.14. The van der Waals surface area contributed by atoms with Crippen molar-refractivity contribution in [2.24, 2.45) is 0 Å². The Balaban J connectivity index is 1.81. The summed E-state index contributed by atoms with van der Waals surface area (Å²) in [5.74, 6) is -0.209. The molecule has 108 valence electrons. The second-order valence-electron chi connectivity index (χ2n) is 4.58. The molecule has 0 radical (unpaired) electrons. The fraction of sp³-hybridized carbons (Fsp3) is 0.125. The molecule has 1 nitrogen and oxygen atoms in total. The van der Waals surface area contributed by atoms with Gasteiger partial charge in [-0.1, -0.05) is 28.1 Å². The highest BCUT2D eigenvalue weighted by atomic mass is 79.9. The SMILES string of the molecule is Fc1ccc(Br)c(CNC(c2cccs2)c2cccs2)c1. The van der Waals surface area contributed by atoms with E-state index in [0.717, 1.165) is 10.0 Å². The average Bonchev–Trinajstić information content (AvgIpc) is 3.16. The molecule has 0 aliphatic heterocycles. The van der Waals surface area contributed by atoms with Gasteiger partial charge >= 0.3 is 0 Å². The van der Waals surface area contributed by atoms with E-state index in [1.807, 2.05) is 0 Å². The van der Waals surface area contributed by atoms with Crippen LogP contribution < -0.4 is 5.32 Å². The summed E-state index contributed by atoms with van der Waals surface area (Å²) in [6, 6.07) is 13.3. The lowest BCUT2D eigenvalue weighted by Crippen LogP contribution is -2.20. The Morgan fingerprint density at radius 1 is 1.05 bits per heavy atom. The molecule has 0 spiro atoms. The van der Waals surface area contributed by atoms with Crippen molar-refractivity contribution in [1.29, 1.82) is 0 Å². The lowest BCUT2D eigenvalue weighted by molar-refractivity contribution is 0.602. The highest BCUT2D eigenvalue weighted by molar-refractivity contribution is 9.10. The van der Waals surface area contributed by atoms with Gasteiger partial charge in [0.15, 0.2) is 0 Å². The van der Waals surface area contributed by atoms with Crippen molar-refractivity contribution in [2.45, 2.75) is 12.6 Å². The molecule has 3 rings (SSSR count). The molecular weight excluding hydrogens is 369 g/mol. The van der Waals surface area contributed by atoms with Crippen LogP contribution in [0.1, 0.15) is 21.4 Å². The predicted molar refractivity (Wildman–Crippen MR) is 91.4 cm³/mol. The van der Waals surface area contributed by atoms with Crippen LogP contribution in [-0.2, 0) is 6.54 Å². The first-order valence-electron chi connectivity index (χ1n) is 6.48. The molecule has 5 heteroatoms. The van der Waals surface area contributed by atoms with Crippen molar-refractivity contribution in [2.75, 3.05) is 0 Å². The molecule has 1 N–H and O–H groups in total. The van der Waals surface area contributed by atoms with Crippen LogP contribution in [0, 0.1) is 5.82 Å². The molecule has 0 atom stereocenters. The van der Waals surface area contributed by atoms with Crippen LogP contribution in [0.5, 0.6) is 0 Å². The minimum Gasteiger partial charge on any atom is -0.301 e. The van der Waals surface area contributed by atoms with E-state index in [2.05, 4.69) is 56.3 Å². The standard InChI is InChI=1S/C16H13BrFNS2/c17-13-6-5-12(18)9-11(13)10-19-16(14-3-1-7-20-14)15-4-2-8-21-15/h1-9,16,19H,10H2. The molecule has 0 saturated carbocycles. The number of thiophene rings is 2. The third-order valence-corrected chi connectivity index (χ3v) is 5.81. The Labute approximate surface area is 139 Å². The van der Waals surface area contributed by atoms with E-state index < -0.39 is 0 Å². The summed E-state index contributed by atoms with van der Waals surface area (Å²) in [4.78, 5) is 2.54. The molecule has 21 heavy (non-hydrogen) atoms. The van der Waals surface area contributed by atoms with Gasteiger partial charge in [-0.2, -0.15) is 0 Å². The quantitative estimate of drug-likeness (QED) is 0.607. The van der Waals surface area contributed by atoms with Crippen LogP contribution in [0.15, 0.2) is 57.7 Å². The summed E-state index contributed by atoms with van der Waals surface area (Å²) in [6.45, 7) is 0.610. The van der Waals surface area contributed by atoms with Gasteiger partial charge in [0.1, 0.15) is 5.82 Å². The van der Waals surface area contributed by atoms with Crippen LogP contribution in [0.25, 0.3) is 0 Å². The third kappa shape index (κ3) is 3.61. The van der Waals surface area contributed by atoms with Crippen molar-refractivity contribution in [3.05, 3.63) is 78.8 Å². The highest BCUT2D eigenvalue weighted by Crippen LogP contribution is 2.30. The highest BCUT2D eigenvalue weighted by Gasteiger charge is 2.16. The average molecular weight is 382 g/mol. The minimum absolute atomic E-state index is 0.153. The normalized spacial score (nSPS) is 11.2. The van der Waals surface area contributed by atoms with Gasteiger partial charge in [-0.25, -0.2) is 4.39 Å². The number of nitrogens with one attached hydrogen (secondary N) is 1. The second kappa shape index (κ2) is 6.83. The molecule has 2 heterocycles. The molecule has 1 aromatic carbocycles. The molecule has 0 unspecified atom stereocenters. The summed E-state index contributed by atoms with van der Waals surface area (Å²) in [5, 5.41) is 7.69. The number of halogens is 2. The summed E-state index contributed by atoms with van der Waals surface area (Å²) in [5.41, 5.74) is 0.924. The molecule has 0 saturated heterocycles. The first-order chi connectivity index (χ1) is 10.2. The van der Waals surface area contributed by atoms with Gasteiger partial charge in [0, 0.05) is 20.8 Å². The Morgan fingerprint density at radius 2 is 1.71 bits per heavy atom. The van der Waals surface area contributed by atoms with Crippen molar-refractivity contribution in [3.63, 3.8) is 0 Å². The van der Waals surface area contributed by atoms with Gasteiger partial charge < -0.3 is 5.32 Å². The number of benzene rings is 1. The smallest absolute Gasteiger partial charge is 0.123 e. The van der Waals surface area contributed by atoms with E-state index in [9.17, 15) is 4.39 Å². The van der Waals surface area contributed by atoms with Gasteiger partial charge in [0.05, 0.1) is 6.04 Å². The Kier molecular flexibility index (Phi) is 4.85. The first-order valence-corrected chi connectivity index (χ1v) is 9.03. The maximum absolute atomic E-state index is 13.4. The molecule has 0 fully saturated rings. The second-order valence-corrected chi connectivity index (χ2v) is 7.39. The maximum Gasteiger partial charge on any atom is 0.123 e. The summed E-state index contributed by atoms with van der Waals surface area (Å²) in [6.07, 6.45) is 0. The predicted octanol–water partition coefficient (Wildman–Crippen LogP) is 5.59. The van der Waals surface area contributed by atoms with E-state index >= 15 is 0 Å². The number of hydrogen-bond donors (Lipinski definition) is 1. The van der Waals surface area contributed by atoms with Crippen molar-refractivity contribution >= 4 is 38.6 Å². The van der Waals surface area contributed by atoms with E-state index in [1.165, 1.54) is 15.8 Å². The van der Waals surface area contributed by atoms with Gasteiger partial charge in [0.25, 0.3) is 0 Å². The molecule has 2 aromatic heterocycles. The maximum atomic E-state index is 13.4. The van der Waals surface area contributed by atoms with Gasteiger partial charge in [-0.05, 0) is 46.7 Å². The van der Waals surface area contributed by atoms with Crippen LogP contribution in [-0.4, -0.2) is 0 Å². The molecule has 0 aliphatic rings. The van der Waals surface area contributed by atoms with E-state index in [4.69, 9.17) is 0 Å². The van der Waals surface area contributed by atoms with Crippen LogP contribution in [0.2, 0.25) is 0 Å². The van der Waals surface area contributed by atoms with Crippen molar-refractivity contribution < 1.29 is 4.39 Å². The molecule has 0 amide bonds. The lowest BCUT2D eigenvalue weighted by atomic mass is 10.1. The molecule has 0 aliphatic carbocycles. The Morgan fingerprint density at radius 3 is 2.29 bits per heavy atom. The monoisotopic (exact) mass is 381 g/mol. The van der Waals surface area contributed by atoms with E-state index in [-0.39, 0.29) is 11.9 Å². The summed E-state index contributed by atoms with van der Waals surface area (Å²) < 4.78 is 14.3. The van der Waals surface area contributed by atoms with E-state index in [0.29, 0.717) is 6.54 Å². The largest absolute Gasteiger partial charge is 0.301 e. The third-order valence-electron chi connectivity index (χ3n) is 3.16. The Hall–Kier alpha value is -1.01. The first kappa shape index (κ1) is 14.9. The Bertz CT molecular complexity index is 661. The zero-order chi connectivity index (χ0) is 14.7. The summed E-state index contributed by atoms with van der Waals surface area (Å²) in [7, 11) is 0.